The molecule has 2 bridgehead atoms. The number of anilines is 3. The fourth-order valence-electron chi connectivity index (χ4n) is 5.04. The molecule has 1 N–H and O–H groups in total. The number of amides is 1. The van der Waals surface area contributed by atoms with Gasteiger partial charge < -0.3 is 19.9 Å². The second kappa shape index (κ2) is 7.91. The predicted octanol–water partition coefficient (Wildman–Crippen LogP) is 2.23. The highest BCUT2D eigenvalue weighted by Crippen LogP contribution is 2.36. The smallest absolute Gasteiger partial charge is 0.410 e. The highest BCUT2D eigenvalue weighted by molar-refractivity contribution is 5.69. The Morgan fingerprint density at radius 2 is 1.84 bits per heavy atom. The zero-order chi connectivity index (χ0) is 22.5. The zero-order valence-electron chi connectivity index (χ0n) is 19.2. The summed E-state index contributed by atoms with van der Waals surface area (Å²) >= 11 is 0. The molecule has 0 aromatic carbocycles. The van der Waals surface area contributed by atoms with Crippen LogP contribution in [0.3, 0.4) is 0 Å². The van der Waals surface area contributed by atoms with E-state index in [0.29, 0.717) is 24.1 Å². The van der Waals surface area contributed by atoms with Gasteiger partial charge in [0.15, 0.2) is 0 Å². The number of aryl methyl sites for hydroxylation is 1. The maximum Gasteiger partial charge on any atom is 0.410 e. The molecule has 10 nitrogen and oxygen atoms in total. The van der Waals surface area contributed by atoms with E-state index in [-0.39, 0.29) is 6.09 Å². The molecule has 3 aliphatic heterocycles. The second-order valence-electron chi connectivity index (χ2n) is 10.0. The van der Waals surface area contributed by atoms with Gasteiger partial charge >= 0.3 is 6.09 Å². The maximum absolute atomic E-state index is 12.3. The molecule has 0 unspecified atom stereocenters. The van der Waals surface area contributed by atoms with Gasteiger partial charge in [0.25, 0.3) is 0 Å². The number of hydrogen-bond donors (Lipinski definition) is 1. The van der Waals surface area contributed by atoms with Crippen molar-refractivity contribution in [1.29, 1.82) is 0 Å². The van der Waals surface area contributed by atoms with Crippen molar-refractivity contribution in [2.24, 2.45) is 7.05 Å². The Morgan fingerprint density at radius 3 is 2.47 bits per heavy atom. The fourth-order valence-corrected chi connectivity index (χ4v) is 5.04. The Bertz CT molecular complexity index is 966. The average molecular weight is 441 g/mol. The van der Waals surface area contributed by atoms with Crippen LogP contribution in [0.4, 0.5) is 22.2 Å². The minimum atomic E-state index is -0.449. The third-order valence-electron chi connectivity index (χ3n) is 6.40. The van der Waals surface area contributed by atoms with E-state index in [0.717, 1.165) is 37.7 Å². The van der Waals surface area contributed by atoms with Crippen LogP contribution in [0.2, 0.25) is 0 Å². The summed E-state index contributed by atoms with van der Waals surface area (Å²) in [4.78, 5) is 28.3. The normalized spacial score (nSPS) is 23.9. The van der Waals surface area contributed by atoms with Gasteiger partial charge in [0.05, 0.1) is 11.9 Å². The van der Waals surface area contributed by atoms with Gasteiger partial charge in [0, 0.05) is 63.7 Å². The van der Waals surface area contributed by atoms with Crippen molar-refractivity contribution in [3.05, 3.63) is 24.7 Å². The summed E-state index contributed by atoms with van der Waals surface area (Å²) in [7, 11) is 1.88. The summed E-state index contributed by atoms with van der Waals surface area (Å²) in [5.74, 6) is 1.53. The van der Waals surface area contributed by atoms with E-state index < -0.39 is 5.60 Å². The number of carbonyl (C=O) groups excluding carboxylic acids is 1. The lowest BCUT2D eigenvalue weighted by Crippen LogP contribution is -2.68. The van der Waals surface area contributed by atoms with Gasteiger partial charge in [0.2, 0.25) is 5.95 Å². The number of likely N-dealkylation sites (tertiary alicyclic amines) is 1. The van der Waals surface area contributed by atoms with Gasteiger partial charge in [-0.05, 0) is 39.7 Å². The molecule has 2 atom stereocenters. The lowest BCUT2D eigenvalue weighted by molar-refractivity contribution is -0.0293. The largest absolute Gasteiger partial charge is 0.444 e. The SMILES string of the molecule is Cn1cc(Nc2nccc(N3C[C@H]4CC[C@@H](C3)N4C3CN(C(=O)OC(C)(C)C)C3)n2)cn1. The molecule has 2 aromatic rings. The van der Waals surface area contributed by atoms with Crippen LogP contribution < -0.4 is 10.2 Å². The molecule has 0 aliphatic carbocycles. The molecule has 3 saturated heterocycles. The van der Waals surface area contributed by atoms with Crippen LogP contribution in [0.5, 0.6) is 0 Å². The monoisotopic (exact) mass is 440 g/mol. The molecule has 10 heteroatoms. The van der Waals surface area contributed by atoms with Gasteiger partial charge in [-0.25, -0.2) is 9.78 Å². The summed E-state index contributed by atoms with van der Waals surface area (Å²) in [5, 5.41) is 7.40. The van der Waals surface area contributed by atoms with Crippen molar-refractivity contribution in [2.45, 2.75) is 57.3 Å². The average Bonchev–Trinajstić information content (AvgIpc) is 3.18. The van der Waals surface area contributed by atoms with Crippen molar-refractivity contribution >= 4 is 23.5 Å². The highest BCUT2D eigenvalue weighted by Gasteiger charge is 2.48. The number of rotatable bonds is 4. The lowest BCUT2D eigenvalue weighted by Gasteiger charge is -2.51. The highest BCUT2D eigenvalue weighted by atomic mass is 16.6. The summed E-state index contributed by atoms with van der Waals surface area (Å²) in [6.07, 6.45) is 7.64. The first-order valence-corrected chi connectivity index (χ1v) is 11.3. The van der Waals surface area contributed by atoms with Gasteiger partial charge in [-0.2, -0.15) is 10.1 Å². The van der Waals surface area contributed by atoms with Gasteiger partial charge in [-0.3, -0.25) is 9.58 Å². The Morgan fingerprint density at radius 1 is 1.12 bits per heavy atom. The number of fused-ring (bicyclic) bond motifs is 2. The van der Waals surface area contributed by atoms with E-state index in [2.05, 4.69) is 25.2 Å². The van der Waals surface area contributed by atoms with Crippen molar-refractivity contribution in [3.63, 3.8) is 0 Å². The minimum absolute atomic E-state index is 0.200. The van der Waals surface area contributed by atoms with Crippen LogP contribution in [-0.4, -0.2) is 85.5 Å². The van der Waals surface area contributed by atoms with Gasteiger partial charge in [-0.1, -0.05) is 0 Å². The van der Waals surface area contributed by atoms with Crippen LogP contribution in [0.15, 0.2) is 24.7 Å². The molecule has 3 aliphatic rings. The first-order valence-electron chi connectivity index (χ1n) is 11.3. The fraction of sp³-hybridized carbons (Fsp3) is 0.636. The molecular formula is C22H32N8O2. The molecule has 2 aromatic heterocycles. The molecule has 0 spiro atoms. The van der Waals surface area contributed by atoms with Crippen molar-refractivity contribution < 1.29 is 9.53 Å². The molecule has 1 amide bonds. The van der Waals surface area contributed by atoms with Gasteiger partial charge in [0.1, 0.15) is 11.4 Å². The molecule has 0 saturated carbocycles. The Balaban J connectivity index is 1.20. The number of hydrogen-bond acceptors (Lipinski definition) is 8. The van der Waals surface area contributed by atoms with Crippen molar-refractivity contribution in [3.8, 4) is 0 Å². The third kappa shape index (κ3) is 4.23. The molecule has 0 radical (unpaired) electrons. The van der Waals surface area contributed by atoms with E-state index in [1.54, 1.807) is 17.1 Å². The van der Waals surface area contributed by atoms with E-state index in [1.165, 1.54) is 12.8 Å². The molecule has 5 heterocycles. The van der Waals surface area contributed by atoms with Crippen LogP contribution in [0, 0.1) is 0 Å². The number of aromatic nitrogens is 4. The van der Waals surface area contributed by atoms with Crippen LogP contribution in [0.1, 0.15) is 33.6 Å². The van der Waals surface area contributed by atoms with Crippen LogP contribution >= 0.6 is 0 Å². The second-order valence-corrected chi connectivity index (χ2v) is 10.0. The molecule has 32 heavy (non-hydrogen) atoms. The molecular weight excluding hydrogens is 408 g/mol. The Labute approximate surface area is 188 Å². The van der Waals surface area contributed by atoms with Gasteiger partial charge in [-0.15, -0.1) is 0 Å². The number of ether oxygens (including phenoxy) is 1. The quantitative estimate of drug-likeness (QED) is 0.774. The number of piperazine rings is 1. The van der Waals surface area contributed by atoms with E-state index >= 15 is 0 Å². The predicted molar refractivity (Wildman–Crippen MR) is 121 cm³/mol. The van der Waals surface area contributed by atoms with Crippen LogP contribution in [-0.2, 0) is 11.8 Å². The van der Waals surface area contributed by atoms with E-state index in [4.69, 9.17) is 9.72 Å². The first-order chi connectivity index (χ1) is 15.2. The van der Waals surface area contributed by atoms with E-state index in [1.807, 2.05) is 45.0 Å². The van der Waals surface area contributed by atoms with Crippen molar-refractivity contribution in [1.82, 2.24) is 29.5 Å². The number of carbonyl (C=O) groups is 1. The number of nitrogens with one attached hydrogen (secondary N) is 1. The van der Waals surface area contributed by atoms with Crippen molar-refractivity contribution in [2.75, 3.05) is 36.4 Å². The standard InChI is InChI=1S/C22H32N8O2/c1-22(2,3)32-21(31)29-13-18(14-29)30-16-5-6-17(30)12-28(11-16)19-7-8-23-20(26-19)25-15-9-24-27(4)10-15/h7-10,16-18H,5-6,11-14H2,1-4H3,(H,23,25,26)/t16-,17+. The molecule has 172 valence electrons. The summed E-state index contributed by atoms with van der Waals surface area (Å²) in [5.41, 5.74) is 0.420. The summed E-state index contributed by atoms with van der Waals surface area (Å²) in [6, 6.07) is 3.39. The maximum atomic E-state index is 12.3. The number of nitrogens with zero attached hydrogens (tertiary/aromatic N) is 7. The summed E-state index contributed by atoms with van der Waals surface area (Å²) < 4.78 is 7.26. The zero-order valence-corrected chi connectivity index (χ0v) is 19.2. The topological polar surface area (TPSA) is 91.7 Å². The summed E-state index contributed by atoms with van der Waals surface area (Å²) in [6.45, 7) is 9.14. The Hall–Kier alpha value is -2.88. The van der Waals surface area contributed by atoms with Crippen LogP contribution in [0.25, 0.3) is 0 Å². The Kier molecular flexibility index (Phi) is 5.19. The minimum Gasteiger partial charge on any atom is -0.444 e. The lowest BCUT2D eigenvalue weighted by atomic mass is 10.0. The first kappa shape index (κ1) is 21.0. The molecule has 3 fully saturated rings. The third-order valence-corrected chi connectivity index (χ3v) is 6.40. The molecule has 5 rings (SSSR count). The van der Waals surface area contributed by atoms with E-state index in [9.17, 15) is 4.79 Å².